The van der Waals surface area contributed by atoms with Gasteiger partial charge in [-0.25, -0.2) is 0 Å². The Morgan fingerprint density at radius 3 is 2.56 bits per heavy atom. The van der Waals surface area contributed by atoms with Crippen LogP contribution in [0.25, 0.3) is 0 Å². The average Bonchev–Trinajstić information content (AvgIpc) is 2.25. The summed E-state index contributed by atoms with van der Waals surface area (Å²) in [5, 5.41) is 0. The van der Waals surface area contributed by atoms with Crippen LogP contribution in [0.2, 0.25) is 0 Å². The fourth-order valence-electron chi connectivity index (χ4n) is 1.44. The van der Waals surface area contributed by atoms with Crippen molar-refractivity contribution in [3.63, 3.8) is 0 Å². The molecule has 0 bridgehead atoms. The van der Waals surface area contributed by atoms with Gasteiger partial charge >= 0.3 is 0 Å². The fourth-order valence-corrected chi connectivity index (χ4v) is 1.44. The van der Waals surface area contributed by atoms with Gasteiger partial charge in [-0.2, -0.15) is 0 Å². The zero-order valence-electron chi connectivity index (χ0n) is 10.2. The third-order valence-corrected chi connectivity index (χ3v) is 2.27. The first-order chi connectivity index (χ1) is 7.54. The smallest absolute Gasteiger partial charge is 0.167 e. The second-order valence-electron chi connectivity index (χ2n) is 4.05. The van der Waals surface area contributed by atoms with Crippen LogP contribution in [0.3, 0.4) is 0 Å². The Hall–Kier alpha value is -1.51. The summed E-state index contributed by atoms with van der Waals surface area (Å²) in [6.45, 7) is 5.81. The van der Waals surface area contributed by atoms with Gasteiger partial charge in [-0.3, -0.25) is 4.79 Å². The molecule has 0 radical (unpaired) electrons. The highest BCUT2D eigenvalue weighted by molar-refractivity contribution is 5.77. The van der Waals surface area contributed by atoms with E-state index in [0.717, 1.165) is 11.3 Å². The molecule has 0 aliphatic rings. The van der Waals surface area contributed by atoms with Gasteiger partial charge in [-0.1, -0.05) is 19.9 Å². The van der Waals surface area contributed by atoms with E-state index in [4.69, 9.17) is 9.47 Å². The average molecular weight is 222 g/mol. The summed E-state index contributed by atoms with van der Waals surface area (Å²) in [6, 6.07) is 5.65. The van der Waals surface area contributed by atoms with E-state index in [9.17, 15) is 4.79 Å². The zero-order valence-corrected chi connectivity index (χ0v) is 10.2. The number of benzene rings is 1. The largest absolute Gasteiger partial charge is 0.496 e. The minimum Gasteiger partial charge on any atom is -0.496 e. The molecule has 0 aliphatic carbocycles. The maximum Gasteiger partial charge on any atom is 0.167 e. The quantitative estimate of drug-likeness (QED) is 0.768. The minimum atomic E-state index is 0.00639. The summed E-state index contributed by atoms with van der Waals surface area (Å²) < 4.78 is 10.6. The number of Topliss-reactive ketones (excluding diaryl/α,β-unsaturated/α-hetero) is 1. The van der Waals surface area contributed by atoms with E-state index in [2.05, 4.69) is 13.8 Å². The van der Waals surface area contributed by atoms with Crippen LogP contribution >= 0.6 is 0 Å². The van der Waals surface area contributed by atoms with Crippen LogP contribution in [0.5, 0.6) is 11.5 Å². The molecule has 0 atom stereocenters. The lowest BCUT2D eigenvalue weighted by Gasteiger charge is -2.13. The summed E-state index contributed by atoms with van der Waals surface area (Å²) >= 11 is 0. The molecule has 0 spiro atoms. The van der Waals surface area contributed by atoms with Crippen LogP contribution < -0.4 is 9.47 Å². The van der Waals surface area contributed by atoms with Crippen molar-refractivity contribution in [2.45, 2.75) is 26.7 Å². The van der Waals surface area contributed by atoms with Crippen molar-refractivity contribution in [1.82, 2.24) is 0 Å². The first kappa shape index (κ1) is 12.6. The molecular formula is C13H18O3. The van der Waals surface area contributed by atoms with E-state index >= 15 is 0 Å². The molecule has 0 heterocycles. The first-order valence-electron chi connectivity index (χ1n) is 5.34. The SMILES string of the molecule is COc1cc(OCC(C)=O)ccc1C(C)C. The molecule has 1 rings (SSSR count). The predicted octanol–water partition coefficient (Wildman–Crippen LogP) is 2.79. The van der Waals surface area contributed by atoms with Crippen LogP contribution in [-0.2, 0) is 4.79 Å². The van der Waals surface area contributed by atoms with Crippen LogP contribution in [-0.4, -0.2) is 19.5 Å². The Morgan fingerprint density at radius 2 is 2.06 bits per heavy atom. The molecule has 3 heteroatoms. The number of ether oxygens (including phenoxy) is 2. The lowest BCUT2D eigenvalue weighted by Crippen LogP contribution is -2.06. The number of hydrogen-bond acceptors (Lipinski definition) is 3. The Kier molecular flexibility index (Phi) is 4.35. The molecule has 0 N–H and O–H groups in total. The molecule has 0 aliphatic heterocycles. The van der Waals surface area contributed by atoms with Gasteiger partial charge in [0.15, 0.2) is 5.78 Å². The highest BCUT2D eigenvalue weighted by atomic mass is 16.5. The topological polar surface area (TPSA) is 35.5 Å². The molecule has 0 amide bonds. The molecule has 1 aromatic rings. The number of carbonyl (C=O) groups excluding carboxylic acids is 1. The normalized spacial score (nSPS) is 10.3. The molecule has 3 nitrogen and oxygen atoms in total. The van der Waals surface area contributed by atoms with Crippen molar-refractivity contribution in [2.24, 2.45) is 0 Å². The lowest BCUT2D eigenvalue weighted by atomic mass is 10.0. The molecule has 16 heavy (non-hydrogen) atoms. The molecule has 0 fully saturated rings. The fraction of sp³-hybridized carbons (Fsp3) is 0.462. The zero-order chi connectivity index (χ0) is 12.1. The van der Waals surface area contributed by atoms with Crippen molar-refractivity contribution in [1.29, 1.82) is 0 Å². The third-order valence-electron chi connectivity index (χ3n) is 2.27. The summed E-state index contributed by atoms with van der Waals surface area (Å²) in [6.07, 6.45) is 0. The predicted molar refractivity (Wildman–Crippen MR) is 63.3 cm³/mol. The van der Waals surface area contributed by atoms with Crippen LogP contribution in [0.1, 0.15) is 32.3 Å². The Bertz CT molecular complexity index is 369. The van der Waals surface area contributed by atoms with Gasteiger partial charge in [-0.15, -0.1) is 0 Å². The second-order valence-corrected chi connectivity index (χ2v) is 4.05. The number of rotatable bonds is 5. The number of methoxy groups -OCH3 is 1. The molecule has 0 aromatic heterocycles. The van der Waals surface area contributed by atoms with Gasteiger partial charge in [0.05, 0.1) is 7.11 Å². The minimum absolute atomic E-state index is 0.00639. The number of ketones is 1. The molecule has 0 unspecified atom stereocenters. The highest BCUT2D eigenvalue weighted by Gasteiger charge is 2.08. The summed E-state index contributed by atoms with van der Waals surface area (Å²) in [7, 11) is 1.63. The Morgan fingerprint density at radius 1 is 1.38 bits per heavy atom. The van der Waals surface area contributed by atoms with Crippen LogP contribution in [0, 0.1) is 0 Å². The van der Waals surface area contributed by atoms with Crippen molar-refractivity contribution in [3.8, 4) is 11.5 Å². The maximum atomic E-state index is 10.8. The molecular weight excluding hydrogens is 204 g/mol. The van der Waals surface area contributed by atoms with Crippen molar-refractivity contribution in [3.05, 3.63) is 23.8 Å². The van der Waals surface area contributed by atoms with E-state index in [1.54, 1.807) is 7.11 Å². The van der Waals surface area contributed by atoms with Gasteiger partial charge in [0.1, 0.15) is 18.1 Å². The highest BCUT2D eigenvalue weighted by Crippen LogP contribution is 2.30. The van der Waals surface area contributed by atoms with E-state index < -0.39 is 0 Å². The summed E-state index contributed by atoms with van der Waals surface area (Å²) in [5.41, 5.74) is 1.14. The third kappa shape index (κ3) is 3.26. The first-order valence-corrected chi connectivity index (χ1v) is 5.34. The molecule has 0 saturated carbocycles. The van der Waals surface area contributed by atoms with E-state index in [1.165, 1.54) is 6.92 Å². The van der Waals surface area contributed by atoms with Crippen LogP contribution in [0.4, 0.5) is 0 Å². The lowest BCUT2D eigenvalue weighted by molar-refractivity contribution is -0.118. The summed E-state index contributed by atoms with van der Waals surface area (Å²) in [5.74, 6) is 1.87. The van der Waals surface area contributed by atoms with Gasteiger partial charge in [0.25, 0.3) is 0 Å². The van der Waals surface area contributed by atoms with E-state index in [-0.39, 0.29) is 12.4 Å². The summed E-state index contributed by atoms with van der Waals surface area (Å²) in [4.78, 5) is 10.8. The molecule has 1 aromatic carbocycles. The molecule has 0 saturated heterocycles. The van der Waals surface area contributed by atoms with Crippen molar-refractivity contribution in [2.75, 3.05) is 13.7 Å². The second kappa shape index (κ2) is 5.54. The van der Waals surface area contributed by atoms with Crippen LogP contribution in [0.15, 0.2) is 18.2 Å². The van der Waals surface area contributed by atoms with Gasteiger partial charge in [-0.05, 0) is 24.5 Å². The van der Waals surface area contributed by atoms with Gasteiger partial charge in [0, 0.05) is 6.07 Å². The van der Waals surface area contributed by atoms with Crippen molar-refractivity contribution >= 4 is 5.78 Å². The standard InChI is InChI=1S/C13H18O3/c1-9(2)12-6-5-11(7-13(12)15-4)16-8-10(3)14/h5-7,9H,8H2,1-4H3. The Balaban J connectivity index is 2.86. The number of hydrogen-bond donors (Lipinski definition) is 0. The monoisotopic (exact) mass is 222 g/mol. The van der Waals surface area contributed by atoms with E-state index in [1.807, 2.05) is 18.2 Å². The van der Waals surface area contributed by atoms with E-state index in [0.29, 0.717) is 11.7 Å². The Labute approximate surface area is 96.4 Å². The maximum absolute atomic E-state index is 10.8. The van der Waals surface area contributed by atoms with Gasteiger partial charge in [0.2, 0.25) is 0 Å². The molecule has 88 valence electrons. The van der Waals surface area contributed by atoms with Gasteiger partial charge < -0.3 is 9.47 Å². The number of carbonyl (C=O) groups is 1. The van der Waals surface area contributed by atoms with Crippen molar-refractivity contribution < 1.29 is 14.3 Å².